The van der Waals surface area contributed by atoms with Crippen molar-refractivity contribution in [2.45, 2.75) is 35.7 Å². The molecule has 0 N–H and O–H groups in total. The second kappa shape index (κ2) is 3.56. The van der Waals surface area contributed by atoms with E-state index >= 15 is 0 Å². The summed E-state index contributed by atoms with van der Waals surface area (Å²) in [5.74, 6) is 1.60. The molecule has 1 nitrogen and oxygen atoms in total. The monoisotopic (exact) mass is 226 g/mol. The predicted molar refractivity (Wildman–Crippen MR) is 54.3 cm³/mol. The van der Waals surface area contributed by atoms with Crippen LogP contribution in [0.1, 0.15) is 19.3 Å². The number of hydrogen-bond donors (Lipinski definition) is 0. The fraction of sp³-hybridized carbons (Fsp3) is 1.00. The van der Waals surface area contributed by atoms with E-state index in [0.717, 1.165) is 18.6 Å². The van der Waals surface area contributed by atoms with E-state index in [-0.39, 0.29) is 16.4 Å². The summed E-state index contributed by atoms with van der Waals surface area (Å²) in [7, 11) is 0. The Morgan fingerprint density at radius 1 is 1.58 bits per heavy atom. The molecule has 2 rings (SSSR count). The molecule has 1 aliphatic heterocycles. The molecular weight excluding hydrogens is 215 g/mol. The first-order valence-corrected chi connectivity index (χ1v) is 6.24. The second-order valence-corrected chi connectivity index (χ2v) is 5.53. The standard InChI is InChI=1S/C8H12Cl2OS/c9-4-6-5-12-8(11-6)3-1-2-7(8)10/h6-7H,1-5H2. The molecule has 0 aromatic heterocycles. The van der Waals surface area contributed by atoms with Gasteiger partial charge in [-0.2, -0.15) is 0 Å². The van der Waals surface area contributed by atoms with Gasteiger partial charge in [0.2, 0.25) is 0 Å². The molecule has 1 saturated heterocycles. The SMILES string of the molecule is ClCC1CSC2(CCCC2Cl)O1. The maximum Gasteiger partial charge on any atom is 0.130 e. The maximum absolute atomic E-state index is 6.21. The highest BCUT2D eigenvalue weighted by Gasteiger charge is 2.49. The van der Waals surface area contributed by atoms with Gasteiger partial charge in [0.1, 0.15) is 4.93 Å². The van der Waals surface area contributed by atoms with Crippen molar-refractivity contribution in [3.63, 3.8) is 0 Å². The van der Waals surface area contributed by atoms with Crippen molar-refractivity contribution in [3.05, 3.63) is 0 Å². The summed E-state index contributed by atoms with van der Waals surface area (Å²) in [4.78, 5) is -0.0822. The second-order valence-electron chi connectivity index (χ2n) is 3.38. The Bertz CT molecular complexity index is 178. The lowest BCUT2D eigenvalue weighted by atomic mass is 10.3. The average Bonchev–Trinajstić information content (AvgIpc) is 2.63. The van der Waals surface area contributed by atoms with E-state index in [0.29, 0.717) is 5.88 Å². The molecule has 2 aliphatic rings. The molecule has 0 amide bonds. The van der Waals surface area contributed by atoms with Gasteiger partial charge in [-0.25, -0.2) is 0 Å². The van der Waals surface area contributed by atoms with Crippen LogP contribution in [0.15, 0.2) is 0 Å². The molecule has 3 unspecified atom stereocenters. The number of hydrogen-bond acceptors (Lipinski definition) is 2. The fourth-order valence-electron chi connectivity index (χ4n) is 1.86. The molecule has 1 aliphatic carbocycles. The molecule has 0 radical (unpaired) electrons. The highest BCUT2D eigenvalue weighted by molar-refractivity contribution is 8.00. The molecule has 1 saturated carbocycles. The first kappa shape index (κ1) is 9.45. The van der Waals surface area contributed by atoms with Crippen LogP contribution in [0.25, 0.3) is 0 Å². The average molecular weight is 227 g/mol. The van der Waals surface area contributed by atoms with Gasteiger partial charge in [-0.1, -0.05) is 0 Å². The zero-order valence-electron chi connectivity index (χ0n) is 6.76. The van der Waals surface area contributed by atoms with Crippen LogP contribution in [0.5, 0.6) is 0 Å². The van der Waals surface area contributed by atoms with Crippen molar-refractivity contribution < 1.29 is 4.74 Å². The van der Waals surface area contributed by atoms with Crippen molar-refractivity contribution in [2.24, 2.45) is 0 Å². The lowest BCUT2D eigenvalue weighted by molar-refractivity contribution is 0.0106. The van der Waals surface area contributed by atoms with Crippen molar-refractivity contribution in [3.8, 4) is 0 Å². The molecule has 3 atom stereocenters. The summed E-state index contributed by atoms with van der Waals surface area (Å²) in [5, 5.41) is 0.190. The van der Waals surface area contributed by atoms with Crippen molar-refractivity contribution in [1.82, 2.24) is 0 Å². The topological polar surface area (TPSA) is 9.23 Å². The summed E-state index contributed by atoms with van der Waals surface area (Å²) in [6, 6.07) is 0. The van der Waals surface area contributed by atoms with Gasteiger partial charge in [-0.3, -0.25) is 0 Å². The minimum atomic E-state index is -0.0822. The minimum Gasteiger partial charge on any atom is -0.357 e. The number of rotatable bonds is 1. The summed E-state index contributed by atoms with van der Waals surface area (Å²) >= 11 is 13.8. The van der Waals surface area contributed by atoms with E-state index in [2.05, 4.69) is 0 Å². The Morgan fingerprint density at radius 2 is 2.42 bits per heavy atom. The largest absolute Gasteiger partial charge is 0.357 e. The van der Waals surface area contributed by atoms with Gasteiger partial charge in [0, 0.05) is 11.6 Å². The molecular formula is C8H12Cl2OS. The number of ether oxygens (including phenoxy) is 1. The Kier molecular flexibility index (Phi) is 2.81. The maximum atomic E-state index is 6.21. The highest BCUT2D eigenvalue weighted by atomic mass is 35.5. The van der Waals surface area contributed by atoms with Crippen LogP contribution in [0.3, 0.4) is 0 Å². The Hall–Kier alpha value is 0.890. The Balaban J connectivity index is 2.04. The lowest BCUT2D eigenvalue weighted by Gasteiger charge is -2.25. The zero-order chi connectivity index (χ0) is 8.60. The smallest absolute Gasteiger partial charge is 0.130 e. The minimum absolute atomic E-state index is 0.0822. The third-order valence-corrected chi connectivity index (χ3v) is 5.17. The quantitative estimate of drug-likeness (QED) is 0.637. The van der Waals surface area contributed by atoms with Crippen LogP contribution in [0.2, 0.25) is 0 Å². The molecule has 0 bridgehead atoms. The number of alkyl halides is 2. The number of halogens is 2. The van der Waals surface area contributed by atoms with Crippen LogP contribution in [0.4, 0.5) is 0 Å². The molecule has 1 spiro atoms. The van der Waals surface area contributed by atoms with Gasteiger partial charge in [0.25, 0.3) is 0 Å². The van der Waals surface area contributed by atoms with Gasteiger partial charge in [0.05, 0.1) is 11.5 Å². The van der Waals surface area contributed by atoms with E-state index in [1.54, 1.807) is 0 Å². The summed E-state index contributed by atoms with van der Waals surface area (Å²) in [6.07, 6.45) is 3.59. The predicted octanol–water partition coefficient (Wildman–Crippen LogP) is 2.84. The van der Waals surface area contributed by atoms with Gasteiger partial charge in [-0.15, -0.1) is 35.0 Å². The molecule has 4 heteroatoms. The van der Waals surface area contributed by atoms with E-state index in [1.807, 2.05) is 11.8 Å². The Labute approximate surface area is 87.1 Å². The zero-order valence-corrected chi connectivity index (χ0v) is 9.09. The third-order valence-electron chi connectivity index (χ3n) is 2.51. The molecule has 0 aromatic rings. The molecule has 1 heterocycles. The van der Waals surface area contributed by atoms with Crippen LogP contribution >= 0.6 is 35.0 Å². The van der Waals surface area contributed by atoms with Crippen LogP contribution in [-0.4, -0.2) is 28.0 Å². The van der Waals surface area contributed by atoms with E-state index < -0.39 is 0 Å². The van der Waals surface area contributed by atoms with Crippen LogP contribution in [0, 0.1) is 0 Å². The van der Waals surface area contributed by atoms with E-state index in [9.17, 15) is 0 Å². The fourth-order valence-corrected chi connectivity index (χ4v) is 4.11. The van der Waals surface area contributed by atoms with Crippen LogP contribution < -0.4 is 0 Å². The van der Waals surface area contributed by atoms with Gasteiger partial charge in [0.15, 0.2) is 0 Å². The Morgan fingerprint density at radius 3 is 2.92 bits per heavy atom. The highest BCUT2D eigenvalue weighted by Crippen LogP contribution is 2.50. The van der Waals surface area contributed by atoms with Gasteiger partial charge in [-0.05, 0) is 19.3 Å². The first-order chi connectivity index (χ1) is 5.77. The normalized spacial score (nSPS) is 47.5. The number of thioether (sulfide) groups is 1. The van der Waals surface area contributed by atoms with Gasteiger partial charge < -0.3 is 4.74 Å². The van der Waals surface area contributed by atoms with Crippen molar-refractivity contribution in [1.29, 1.82) is 0 Å². The summed E-state index contributed by atoms with van der Waals surface area (Å²) < 4.78 is 5.87. The first-order valence-electron chi connectivity index (χ1n) is 4.29. The van der Waals surface area contributed by atoms with Crippen molar-refractivity contribution >= 4 is 35.0 Å². The van der Waals surface area contributed by atoms with E-state index in [4.69, 9.17) is 27.9 Å². The molecule has 2 fully saturated rings. The summed E-state index contributed by atoms with van der Waals surface area (Å²) in [6.45, 7) is 0. The molecule has 70 valence electrons. The van der Waals surface area contributed by atoms with Crippen LogP contribution in [-0.2, 0) is 4.74 Å². The third kappa shape index (κ3) is 1.47. The van der Waals surface area contributed by atoms with Crippen molar-refractivity contribution in [2.75, 3.05) is 11.6 Å². The van der Waals surface area contributed by atoms with Gasteiger partial charge >= 0.3 is 0 Å². The molecule has 0 aromatic carbocycles. The van der Waals surface area contributed by atoms with E-state index in [1.165, 1.54) is 6.42 Å². The lowest BCUT2D eigenvalue weighted by Crippen LogP contribution is -2.31. The molecule has 12 heavy (non-hydrogen) atoms. The summed E-state index contributed by atoms with van der Waals surface area (Å²) in [5.41, 5.74) is 0.